The third-order valence-corrected chi connectivity index (χ3v) is 3.05. The number of aryl methyl sites for hydroxylation is 1. The second kappa shape index (κ2) is 5.82. The van der Waals surface area contributed by atoms with E-state index in [2.05, 4.69) is 0 Å². The van der Waals surface area contributed by atoms with Crippen LogP contribution >= 0.6 is 12.2 Å². The zero-order chi connectivity index (χ0) is 13.8. The zero-order valence-corrected chi connectivity index (χ0v) is 11.4. The standard InChI is InChI=1S/C15H15NO2S/c1-10-8-12(6-7-13(10)15(16)19)18-14-5-3-2-4-11(14)9-17/h2-8,17H,9H2,1H3,(H2,16,19). The molecular weight excluding hydrogens is 258 g/mol. The highest BCUT2D eigenvalue weighted by Gasteiger charge is 2.06. The minimum Gasteiger partial charge on any atom is -0.457 e. The summed E-state index contributed by atoms with van der Waals surface area (Å²) >= 11 is 4.97. The minimum atomic E-state index is -0.0554. The van der Waals surface area contributed by atoms with Gasteiger partial charge in [-0.15, -0.1) is 0 Å². The number of thiocarbonyl (C=S) groups is 1. The molecule has 0 bridgehead atoms. The number of rotatable bonds is 4. The number of hydrogen-bond acceptors (Lipinski definition) is 3. The van der Waals surface area contributed by atoms with Crippen LogP contribution in [0.2, 0.25) is 0 Å². The molecule has 0 saturated heterocycles. The van der Waals surface area contributed by atoms with Crippen molar-refractivity contribution in [2.24, 2.45) is 5.73 Å². The van der Waals surface area contributed by atoms with E-state index >= 15 is 0 Å². The molecule has 0 aliphatic carbocycles. The van der Waals surface area contributed by atoms with E-state index in [4.69, 9.17) is 22.7 Å². The number of benzene rings is 2. The van der Waals surface area contributed by atoms with Crippen LogP contribution in [0.4, 0.5) is 0 Å². The van der Waals surface area contributed by atoms with Gasteiger partial charge >= 0.3 is 0 Å². The molecule has 0 spiro atoms. The number of nitrogens with two attached hydrogens (primary N) is 1. The first-order valence-corrected chi connectivity index (χ1v) is 6.29. The Morgan fingerprint density at radius 2 is 2.00 bits per heavy atom. The van der Waals surface area contributed by atoms with Crippen molar-refractivity contribution in [1.29, 1.82) is 0 Å². The molecule has 4 heteroatoms. The minimum absolute atomic E-state index is 0.0554. The SMILES string of the molecule is Cc1cc(Oc2ccccc2CO)ccc1C(N)=S. The van der Waals surface area contributed by atoms with Gasteiger partial charge in [0.2, 0.25) is 0 Å². The van der Waals surface area contributed by atoms with E-state index in [1.807, 2.05) is 49.4 Å². The van der Waals surface area contributed by atoms with E-state index in [1.165, 1.54) is 0 Å². The van der Waals surface area contributed by atoms with Crippen molar-refractivity contribution in [3.05, 3.63) is 59.2 Å². The summed E-state index contributed by atoms with van der Waals surface area (Å²) < 4.78 is 5.77. The fraction of sp³-hybridized carbons (Fsp3) is 0.133. The second-order valence-electron chi connectivity index (χ2n) is 4.21. The Morgan fingerprint density at radius 1 is 1.26 bits per heavy atom. The molecule has 0 heterocycles. The molecule has 0 aromatic heterocycles. The molecule has 3 N–H and O–H groups in total. The van der Waals surface area contributed by atoms with Crippen molar-refractivity contribution in [2.75, 3.05) is 0 Å². The van der Waals surface area contributed by atoms with Gasteiger partial charge in [-0.1, -0.05) is 30.4 Å². The molecule has 0 saturated carbocycles. The molecule has 19 heavy (non-hydrogen) atoms. The van der Waals surface area contributed by atoms with Gasteiger partial charge in [-0.25, -0.2) is 0 Å². The van der Waals surface area contributed by atoms with Crippen molar-refractivity contribution in [3.8, 4) is 11.5 Å². The fourth-order valence-electron chi connectivity index (χ4n) is 1.84. The quantitative estimate of drug-likeness (QED) is 0.841. The van der Waals surface area contributed by atoms with Gasteiger partial charge in [0.1, 0.15) is 16.5 Å². The van der Waals surface area contributed by atoms with Crippen LogP contribution in [0.3, 0.4) is 0 Å². The lowest BCUT2D eigenvalue weighted by Gasteiger charge is -2.11. The maximum absolute atomic E-state index is 9.25. The fourth-order valence-corrected chi connectivity index (χ4v) is 2.07. The molecule has 0 aliphatic rings. The summed E-state index contributed by atoms with van der Waals surface area (Å²) in [6, 6.07) is 12.9. The zero-order valence-electron chi connectivity index (χ0n) is 10.6. The Morgan fingerprint density at radius 3 is 2.63 bits per heavy atom. The molecule has 0 fully saturated rings. The monoisotopic (exact) mass is 273 g/mol. The van der Waals surface area contributed by atoms with Gasteiger partial charge in [0, 0.05) is 11.1 Å². The smallest absolute Gasteiger partial charge is 0.132 e. The molecule has 98 valence electrons. The first-order chi connectivity index (χ1) is 9.11. The Hall–Kier alpha value is -1.91. The Bertz CT molecular complexity index is 611. The van der Waals surface area contributed by atoms with E-state index < -0.39 is 0 Å². The predicted molar refractivity (Wildman–Crippen MR) is 79.5 cm³/mol. The molecule has 0 radical (unpaired) electrons. The number of hydrogen-bond donors (Lipinski definition) is 2. The average molecular weight is 273 g/mol. The van der Waals surface area contributed by atoms with E-state index in [9.17, 15) is 5.11 Å². The maximum Gasteiger partial charge on any atom is 0.132 e. The largest absolute Gasteiger partial charge is 0.457 e. The third-order valence-electron chi connectivity index (χ3n) is 2.83. The average Bonchev–Trinajstić information content (AvgIpc) is 2.39. The van der Waals surface area contributed by atoms with Crippen molar-refractivity contribution >= 4 is 17.2 Å². The van der Waals surface area contributed by atoms with Crippen molar-refractivity contribution in [2.45, 2.75) is 13.5 Å². The van der Waals surface area contributed by atoms with Gasteiger partial charge in [0.25, 0.3) is 0 Å². The highest BCUT2D eigenvalue weighted by atomic mass is 32.1. The van der Waals surface area contributed by atoms with Crippen LogP contribution in [0.1, 0.15) is 16.7 Å². The van der Waals surface area contributed by atoms with Gasteiger partial charge in [0.05, 0.1) is 6.61 Å². The highest BCUT2D eigenvalue weighted by Crippen LogP contribution is 2.26. The normalized spacial score (nSPS) is 10.2. The molecular formula is C15H15NO2S. The molecule has 2 rings (SSSR count). The van der Waals surface area contributed by atoms with E-state index in [-0.39, 0.29) is 6.61 Å². The number of aliphatic hydroxyl groups is 1. The second-order valence-corrected chi connectivity index (χ2v) is 4.65. The molecule has 3 nitrogen and oxygen atoms in total. The summed E-state index contributed by atoms with van der Waals surface area (Å²) in [7, 11) is 0. The molecule has 2 aromatic carbocycles. The van der Waals surface area contributed by atoms with E-state index in [0.29, 0.717) is 16.5 Å². The van der Waals surface area contributed by atoms with Crippen LogP contribution in [-0.2, 0) is 6.61 Å². The molecule has 0 atom stereocenters. The summed E-state index contributed by atoms with van der Waals surface area (Å²) in [6.45, 7) is 1.87. The van der Waals surface area contributed by atoms with Gasteiger partial charge in [-0.3, -0.25) is 0 Å². The van der Waals surface area contributed by atoms with Crippen LogP contribution in [0.15, 0.2) is 42.5 Å². The Balaban J connectivity index is 2.29. The highest BCUT2D eigenvalue weighted by molar-refractivity contribution is 7.80. The molecule has 2 aromatic rings. The summed E-state index contributed by atoms with van der Waals surface area (Å²) in [5.74, 6) is 1.34. The number of aliphatic hydroxyl groups excluding tert-OH is 1. The predicted octanol–water partition coefficient (Wildman–Crippen LogP) is 2.91. The summed E-state index contributed by atoms with van der Waals surface area (Å²) in [5, 5.41) is 9.25. The lowest BCUT2D eigenvalue weighted by atomic mass is 10.1. The molecule has 0 aliphatic heterocycles. The number of ether oxygens (including phenoxy) is 1. The lowest BCUT2D eigenvalue weighted by molar-refractivity contribution is 0.276. The van der Waals surface area contributed by atoms with Crippen molar-refractivity contribution in [3.63, 3.8) is 0 Å². The van der Waals surface area contributed by atoms with Crippen LogP contribution in [-0.4, -0.2) is 10.1 Å². The summed E-state index contributed by atoms with van der Waals surface area (Å²) in [6.07, 6.45) is 0. The molecule has 0 amide bonds. The van der Waals surface area contributed by atoms with Crippen LogP contribution < -0.4 is 10.5 Å². The van der Waals surface area contributed by atoms with Crippen LogP contribution in [0.5, 0.6) is 11.5 Å². The van der Waals surface area contributed by atoms with Crippen LogP contribution in [0, 0.1) is 6.92 Å². The van der Waals surface area contributed by atoms with Gasteiger partial charge in [0.15, 0.2) is 0 Å². The molecule has 0 unspecified atom stereocenters. The summed E-state index contributed by atoms with van der Waals surface area (Å²) in [4.78, 5) is 0.375. The Kier molecular flexibility index (Phi) is 4.14. The van der Waals surface area contributed by atoms with E-state index in [0.717, 1.165) is 16.7 Å². The number of para-hydroxylation sites is 1. The Labute approximate surface area is 117 Å². The van der Waals surface area contributed by atoms with E-state index in [1.54, 1.807) is 0 Å². The maximum atomic E-state index is 9.25. The van der Waals surface area contributed by atoms with Gasteiger partial charge in [-0.2, -0.15) is 0 Å². The van der Waals surface area contributed by atoms with Gasteiger partial charge < -0.3 is 15.6 Å². The third kappa shape index (κ3) is 3.10. The first-order valence-electron chi connectivity index (χ1n) is 5.89. The van der Waals surface area contributed by atoms with Crippen molar-refractivity contribution in [1.82, 2.24) is 0 Å². The van der Waals surface area contributed by atoms with Crippen LogP contribution in [0.25, 0.3) is 0 Å². The van der Waals surface area contributed by atoms with Crippen molar-refractivity contribution < 1.29 is 9.84 Å². The first kappa shape index (κ1) is 13.5. The topological polar surface area (TPSA) is 55.5 Å². The van der Waals surface area contributed by atoms with Gasteiger partial charge in [-0.05, 0) is 36.8 Å². The lowest BCUT2D eigenvalue weighted by Crippen LogP contribution is -2.10. The summed E-state index contributed by atoms with van der Waals surface area (Å²) in [5.41, 5.74) is 8.18.